The minimum Gasteiger partial charge on any atom is -0.497 e. The summed E-state index contributed by atoms with van der Waals surface area (Å²) in [5, 5.41) is 7.89. The van der Waals surface area contributed by atoms with Crippen LogP contribution in [0.25, 0.3) is 32.6 Å². The van der Waals surface area contributed by atoms with Gasteiger partial charge in [0.05, 0.1) is 23.0 Å². The second kappa shape index (κ2) is 9.52. The van der Waals surface area contributed by atoms with Crippen LogP contribution in [0, 0.1) is 0 Å². The molecule has 0 spiro atoms. The summed E-state index contributed by atoms with van der Waals surface area (Å²) in [5.74, 6) is 0.180. The number of rotatable bonds is 6. The molecule has 7 nitrogen and oxygen atoms in total. The van der Waals surface area contributed by atoms with Gasteiger partial charge in [-0.15, -0.1) is 0 Å². The molecule has 8 heteroatoms. The van der Waals surface area contributed by atoms with Crippen molar-refractivity contribution in [3.63, 3.8) is 0 Å². The van der Waals surface area contributed by atoms with Crippen LogP contribution in [0.2, 0.25) is 0 Å². The van der Waals surface area contributed by atoms with Crippen molar-refractivity contribution < 1.29 is 9.53 Å². The number of fused-ring (bicyclic) bond motifs is 1. The van der Waals surface area contributed by atoms with Crippen LogP contribution in [0.1, 0.15) is 17.3 Å². The second-order valence-electron chi connectivity index (χ2n) is 7.76. The highest BCUT2D eigenvalue weighted by atomic mass is 32.1. The van der Waals surface area contributed by atoms with Gasteiger partial charge in [-0.05, 0) is 30.7 Å². The lowest BCUT2D eigenvalue weighted by atomic mass is 9.95. The van der Waals surface area contributed by atoms with E-state index in [0.29, 0.717) is 28.7 Å². The summed E-state index contributed by atoms with van der Waals surface area (Å²) in [6.07, 6.45) is 0. The fraction of sp³-hybridized carbons (Fsp3) is 0.111. The van der Waals surface area contributed by atoms with E-state index in [1.807, 2.05) is 85.8 Å². The van der Waals surface area contributed by atoms with Crippen molar-refractivity contribution in [2.45, 2.75) is 13.5 Å². The van der Waals surface area contributed by atoms with E-state index in [9.17, 15) is 9.59 Å². The Bertz CT molecular complexity index is 1580. The lowest BCUT2D eigenvalue weighted by Crippen LogP contribution is -2.32. The van der Waals surface area contributed by atoms with E-state index >= 15 is 0 Å². The van der Waals surface area contributed by atoms with Crippen LogP contribution in [-0.2, 0) is 6.54 Å². The molecule has 3 aromatic carbocycles. The number of hydrogen-bond acceptors (Lipinski definition) is 6. The summed E-state index contributed by atoms with van der Waals surface area (Å²) in [6.45, 7) is 2.16. The van der Waals surface area contributed by atoms with Crippen molar-refractivity contribution in [3.8, 4) is 28.1 Å². The van der Waals surface area contributed by atoms with Crippen LogP contribution in [0.5, 0.6) is 5.75 Å². The smallest absolute Gasteiger partial charge is 0.280 e. The molecule has 0 radical (unpaired) electrons. The molecule has 0 saturated heterocycles. The van der Waals surface area contributed by atoms with Gasteiger partial charge in [-0.25, -0.2) is 9.67 Å². The van der Waals surface area contributed by atoms with Crippen molar-refractivity contribution in [1.82, 2.24) is 14.8 Å². The number of anilines is 1. The number of aromatic nitrogens is 3. The van der Waals surface area contributed by atoms with Crippen LogP contribution in [-0.4, -0.2) is 27.8 Å². The number of ether oxygens (including phenoxy) is 1. The molecule has 0 fully saturated rings. The first-order valence-electron chi connectivity index (χ1n) is 11.1. The van der Waals surface area contributed by atoms with Crippen molar-refractivity contribution in [2.24, 2.45) is 0 Å². The van der Waals surface area contributed by atoms with E-state index < -0.39 is 11.5 Å². The Hall–Kier alpha value is -4.30. The highest BCUT2D eigenvalue weighted by molar-refractivity contribution is 7.22. The highest BCUT2D eigenvalue weighted by Crippen LogP contribution is 2.33. The first kappa shape index (κ1) is 22.5. The maximum Gasteiger partial charge on any atom is 0.280 e. The molecule has 35 heavy (non-hydrogen) atoms. The fourth-order valence-electron chi connectivity index (χ4n) is 3.92. The molecule has 174 valence electrons. The molecule has 0 aliphatic carbocycles. The number of hydrogen-bond donors (Lipinski definition) is 1. The quantitative estimate of drug-likeness (QED) is 0.347. The number of benzene rings is 3. The average Bonchev–Trinajstić information content (AvgIpc) is 3.30. The summed E-state index contributed by atoms with van der Waals surface area (Å²) < 4.78 is 7.48. The summed E-state index contributed by atoms with van der Waals surface area (Å²) in [4.78, 5) is 31.7. The van der Waals surface area contributed by atoms with E-state index in [-0.39, 0.29) is 5.56 Å². The summed E-state index contributed by atoms with van der Waals surface area (Å²) >= 11 is 1.32. The third-order valence-corrected chi connectivity index (χ3v) is 6.54. The minimum atomic E-state index is -0.526. The van der Waals surface area contributed by atoms with Crippen molar-refractivity contribution in [2.75, 3.05) is 12.4 Å². The molecular weight excluding hydrogens is 460 g/mol. The fourth-order valence-corrected chi connectivity index (χ4v) is 4.81. The van der Waals surface area contributed by atoms with Crippen LogP contribution in [0.3, 0.4) is 0 Å². The Labute approximate surface area is 205 Å². The van der Waals surface area contributed by atoms with Gasteiger partial charge in [0.25, 0.3) is 11.5 Å². The van der Waals surface area contributed by atoms with Crippen molar-refractivity contribution in [1.29, 1.82) is 0 Å². The number of thiazole rings is 1. The maximum absolute atomic E-state index is 13.7. The van der Waals surface area contributed by atoms with Crippen LogP contribution >= 0.6 is 11.3 Å². The number of methoxy groups -OCH3 is 1. The van der Waals surface area contributed by atoms with Crippen LogP contribution in [0.15, 0.2) is 83.7 Å². The Kier molecular flexibility index (Phi) is 6.12. The molecule has 0 bridgehead atoms. The zero-order chi connectivity index (χ0) is 24.4. The number of carbonyl (C=O) groups excluding carboxylic acids is 1. The number of nitrogens with one attached hydrogen (secondary N) is 1. The van der Waals surface area contributed by atoms with Crippen LogP contribution in [0.4, 0.5) is 5.13 Å². The Morgan fingerprint density at radius 3 is 2.34 bits per heavy atom. The number of aryl methyl sites for hydroxylation is 1. The second-order valence-corrected chi connectivity index (χ2v) is 8.79. The number of amides is 1. The van der Waals surface area contributed by atoms with Gasteiger partial charge >= 0.3 is 0 Å². The van der Waals surface area contributed by atoms with Gasteiger partial charge in [0.2, 0.25) is 0 Å². The van der Waals surface area contributed by atoms with Gasteiger partial charge < -0.3 is 4.74 Å². The molecule has 0 unspecified atom stereocenters. The molecule has 0 atom stereocenters. The van der Waals surface area contributed by atoms with Gasteiger partial charge in [-0.3, -0.25) is 14.9 Å². The molecule has 5 aromatic rings. The van der Waals surface area contributed by atoms with E-state index in [1.165, 1.54) is 16.0 Å². The maximum atomic E-state index is 13.7. The first-order chi connectivity index (χ1) is 17.1. The summed E-state index contributed by atoms with van der Waals surface area (Å²) in [6, 6.07) is 24.5. The Balaban J connectivity index is 1.68. The Morgan fingerprint density at radius 2 is 1.69 bits per heavy atom. The lowest BCUT2D eigenvalue weighted by molar-refractivity contribution is 0.102. The van der Waals surface area contributed by atoms with Crippen LogP contribution < -0.4 is 15.6 Å². The standard InChI is InChI=1S/C27H22N4O3S/c1-3-31-26(33)23(25(32)29-27-28-20-15-14-19(34-2)16-21(20)35-27)22(17-10-6-4-7-11-17)24(30-31)18-12-8-5-9-13-18/h4-16H,3H2,1-2H3,(H,28,29,32). The first-order valence-corrected chi connectivity index (χ1v) is 11.9. The lowest BCUT2D eigenvalue weighted by Gasteiger charge is -2.16. The predicted molar refractivity (Wildman–Crippen MR) is 139 cm³/mol. The molecule has 0 aliphatic heterocycles. The monoisotopic (exact) mass is 482 g/mol. The highest BCUT2D eigenvalue weighted by Gasteiger charge is 2.25. The van der Waals surface area contributed by atoms with E-state index in [4.69, 9.17) is 4.74 Å². The third-order valence-electron chi connectivity index (χ3n) is 5.61. The molecule has 2 aromatic heterocycles. The number of nitrogens with zero attached hydrogens (tertiary/aromatic N) is 3. The minimum absolute atomic E-state index is 0.0312. The molecule has 0 aliphatic rings. The van der Waals surface area contributed by atoms with Gasteiger partial charge in [-0.2, -0.15) is 5.10 Å². The van der Waals surface area contributed by atoms with E-state index in [0.717, 1.165) is 21.3 Å². The average molecular weight is 483 g/mol. The SMILES string of the molecule is CCn1nc(-c2ccccc2)c(-c2ccccc2)c(C(=O)Nc2nc3ccc(OC)cc3s2)c1=O. The largest absolute Gasteiger partial charge is 0.497 e. The number of carbonyl (C=O) groups is 1. The van der Waals surface area contributed by atoms with Gasteiger partial charge in [0.1, 0.15) is 11.3 Å². The summed E-state index contributed by atoms with van der Waals surface area (Å²) in [7, 11) is 1.60. The molecular formula is C27H22N4O3S. The molecule has 1 amide bonds. The zero-order valence-corrected chi connectivity index (χ0v) is 20.0. The molecule has 5 rings (SSSR count). The summed E-state index contributed by atoms with van der Waals surface area (Å²) in [5.41, 5.74) is 2.92. The topological polar surface area (TPSA) is 86.1 Å². The van der Waals surface area contributed by atoms with E-state index in [1.54, 1.807) is 7.11 Å². The molecule has 2 heterocycles. The third kappa shape index (κ3) is 4.31. The van der Waals surface area contributed by atoms with Crippen molar-refractivity contribution in [3.05, 3.63) is 94.8 Å². The molecule has 1 N–H and O–H groups in total. The molecule has 0 saturated carbocycles. The van der Waals surface area contributed by atoms with Crippen molar-refractivity contribution >= 4 is 32.6 Å². The van der Waals surface area contributed by atoms with Gasteiger partial charge in [0, 0.05) is 17.7 Å². The zero-order valence-electron chi connectivity index (χ0n) is 19.2. The normalized spacial score (nSPS) is 10.9. The van der Waals surface area contributed by atoms with Gasteiger partial charge in [-0.1, -0.05) is 72.0 Å². The predicted octanol–water partition coefficient (Wildman–Crippen LogP) is 5.47. The Morgan fingerprint density at radius 1 is 1.00 bits per heavy atom. The van der Waals surface area contributed by atoms with Gasteiger partial charge in [0.15, 0.2) is 5.13 Å². The van der Waals surface area contributed by atoms with E-state index in [2.05, 4.69) is 15.4 Å².